The van der Waals surface area contributed by atoms with Crippen molar-refractivity contribution < 1.29 is 9.13 Å². The van der Waals surface area contributed by atoms with E-state index in [1.54, 1.807) is 0 Å². The summed E-state index contributed by atoms with van der Waals surface area (Å²) in [6.07, 6.45) is 25.5. The van der Waals surface area contributed by atoms with Crippen LogP contribution in [-0.2, 0) is 13.1 Å². The number of aromatic nitrogens is 2. The molecule has 0 saturated carbocycles. The van der Waals surface area contributed by atoms with Gasteiger partial charge in [0.15, 0.2) is 37.9 Å². The Hall–Kier alpha value is -4.96. The van der Waals surface area contributed by atoms with Crippen LogP contribution in [0.1, 0.15) is 71.9 Å². The van der Waals surface area contributed by atoms with E-state index in [9.17, 15) is 0 Å². The molecule has 2 aliphatic heterocycles. The lowest BCUT2D eigenvalue weighted by atomic mass is 10.1. The maximum absolute atomic E-state index is 2.51. The summed E-state index contributed by atoms with van der Waals surface area (Å²) in [7, 11) is 0. The maximum atomic E-state index is 2.51. The summed E-state index contributed by atoms with van der Waals surface area (Å²) in [6.45, 7) is 6.44. The van der Waals surface area contributed by atoms with Gasteiger partial charge in [-0.1, -0.05) is 66.8 Å². The summed E-state index contributed by atoms with van der Waals surface area (Å²) in [4.78, 5) is 5.02. The average molecular weight is 633 g/mol. The van der Waals surface area contributed by atoms with Crippen LogP contribution in [0.2, 0.25) is 0 Å². The first kappa shape index (κ1) is 31.6. The third kappa shape index (κ3) is 8.68. The van der Waals surface area contributed by atoms with Crippen LogP contribution >= 0.6 is 0 Å². The van der Waals surface area contributed by atoms with Gasteiger partial charge >= 0.3 is 0 Å². The monoisotopic (exact) mass is 632 g/mol. The Balaban J connectivity index is 0.903. The van der Waals surface area contributed by atoms with Crippen molar-refractivity contribution in [2.24, 2.45) is 0 Å². The molecule has 48 heavy (non-hydrogen) atoms. The Bertz CT molecular complexity index is 1660. The van der Waals surface area contributed by atoms with E-state index in [1.807, 2.05) is 0 Å². The highest BCUT2D eigenvalue weighted by Crippen LogP contribution is 2.22. The van der Waals surface area contributed by atoms with Gasteiger partial charge in [-0.2, -0.15) is 0 Å². The Kier molecular flexibility index (Phi) is 10.4. The molecule has 2 fully saturated rings. The van der Waals surface area contributed by atoms with Crippen LogP contribution in [0.4, 0.5) is 11.4 Å². The molecule has 0 amide bonds. The SMILES string of the molecule is C(=C\c1cc[n+](Cc2cccc(C[n+]3ccc(/C=C/c4ccc(N5CCCCC5)cc4)cc3)c2)cc1)/c1ccc(N2CCCCC2)cc1. The molecule has 4 heteroatoms. The fraction of sp³-hybridized carbons (Fsp3) is 0.273. The normalized spacial score (nSPS) is 15.4. The molecule has 0 radical (unpaired) electrons. The zero-order valence-corrected chi connectivity index (χ0v) is 28.1. The van der Waals surface area contributed by atoms with Gasteiger partial charge in [-0.25, -0.2) is 9.13 Å². The van der Waals surface area contributed by atoms with Crippen LogP contribution in [0.15, 0.2) is 122 Å². The maximum Gasteiger partial charge on any atom is 0.173 e. The largest absolute Gasteiger partial charge is 0.372 e. The van der Waals surface area contributed by atoms with Gasteiger partial charge in [-0.15, -0.1) is 0 Å². The lowest BCUT2D eigenvalue weighted by Gasteiger charge is -2.28. The van der Waals surface area contributed by atoms with E-state index in [4.69, 9.17) is 0 Å². The van der Waals surface area contributed by atoms with Gasteiger partial charge in [-0.3, -0.25) is 0 Å². The number of rotatable bonds is 10. The molecule has 7 rings (SSSR count). The Morgan fingerprint density at radius 1 is 0.417 bits per heavy atom. The number of pyridine rings is 2. The molecule has 0 spiro atoms. The molecule has 5 aromatic rings. The van der Waals surface area contributed by atoms with Crippen molar-refractivity contribution in [1.82, 2.24) is 0 Å². The van der Waals surface area contributed by atoms with Crippen LogP contribution < -0.4 is 18.9 Å². The lowest BCUT2D eigenvalue weighted by Crippen LogP contribution is -2.34. The summed E-state index contributed by atoms with van der Waals surface area (Å²) < 4.78 is 4.50. The first-order valence-corrected chi connectivity index (χ1v) is 17.9. The summed E-state index contributed by atoms with van der Waals surface area (Å²) in [5, 5.41) is 0. The second-order valence-corrected chi connectivity index (χ2v) is 13.4. The Labute approximate surface area is 286 Å². The molecule has 2 aromatic heterocycles. The zero-order valence-electron chi connectivity index (χ0n) is 28.1. The van der Waals surface area contributed by atoms with E-state index in [1.165, 1.54) is 109 Å². The first-order valence-electron chi connectivity index (χ1n) is 17.9. The molecule has 242 valence electrons. The van der Waals surface area contributed by atoms with Gasteiger partial charge in [0.25, 0.3) is 0 Å². The molecule has 3 aromatic carbocycles. The fourth-order valence-electron chi connectivity index (χ4n) is 6.90. The predicted molar refractivity (Wildman–Crippen MR) is 201 cm³/mol. The van der Waals surface area contributed by atoms with E-state index in [0.29, 0.717) is 0 Å². The molecular weight excluding hydrogens is 585 g/mol. The minimum Gasteiger partial charge on any atom is -0.372 e. The summed E-state index contributed by atoms with van der Waals surface area (Å²) >= 11 is 0. The van der Waals surface area contributed by atoms with Crippen molar-refractivity contribution in [3.8, 4) is 0 Å². The van der Waals surface area contributed by atoms with Gasteiger partial charge in [0.1, 0.15) is 0 Å². The fourth-order valence-corrected chi connectivity index (χ4v) is 6.90. The number of hydrogen-bond acceptors (Lipinski definition) is 2. The highest BCUT2D eigenvalue weighted by atomic mass is 15.1. The van der Waals surface area contributed by atoms with E-state index < -0.39 is 0 Å². The molecule has 0 bridgehead atoms. The van der Waals surface area contributed by atoms with Gasteiger partial charge in [-0.05, 0) is 91.1 Å². The van der Waals surface area contributed by atoms with E-state index in [2.05, 4.69) is 165 Å². The van der Waals surface area contributed by atoms with Crippen molar-refractivity contribution in [1.29, 1.82) is 0 Å². The van der Waals surface area contributed by atoms with Crippen molar-refractivity contribution in [3.63, 3.8) is 0 Å². The van der Waals surface area contributed by atoms with Crippen molar-refractivity contribution in [2.45, 2.75) is 51.6 Å². The molecule has 4 heterocycles. The molecule has 2 saturated heterocycles. The standard InChI is InChI=1S/C44H48N4/c1-3-26-47(27-4-1)43-18-14-37(15-19-43)10-12-39-22-30-45(31-23-39)35-41-8-7-9-42(34-41)36-46-32-24-40(25-33-46)13-11-38-16-20-44(21-17-38)48-28-5-2-6-29-48/h7-25,30-34H,1-6,26-29,35-36H2/q+2. The third-order valence-electron chi connectivity index (χ3n) is 9.72. The Morgan fingerprint density at radius 2 is 0.771 bits per heavy atom. The third-order valence-corrected chi connectivity index (χ3v) is 9.72. The predicted octanol–water partition coefficient (Wildman–Crippen LogP) is 8.68. The molecular formula is C44H48N4+2. The lowest BCUT2D eigenvalue weighted by molar-refractivity contribution is -0.689. The van der Waals surface area contributed by atoms with Gasteiger partial charge < -0.3 is 9.80 Å². The molecule has 4 nitrogen and oxygen atoms in total. The van der Waals surface area contributed by atoms with Crippen LogP contribution in [0.25, 0.3) is 24.3 Å². The molecule has 0 aliphatic carbocycles. The van der Waals surface area contributed by atoms with E-state index in [0.717, 1.165) is 13.1 Å². The first-order chi connectivity index (χ1) is 23.7. The zero-order chi connectivity index (χ0) is 32.4. The van der Waals surface area contributed by atoms with Crippen molar-refractivity contribution >= 4 is 35.7 Å². The molecule has 0 unspecified atom stereocenters. The number of benzene rings is 3. The number of hydrogen-bond donors (Lipinski definition) is 0. The second kappa shape index (κ2) is 15.8. The Morgan fingerprint density at radius 3 is 1.15 bits per heavy atom. The van der Waals surface area contributed by atoms with Crippen molar-refractivity contribution in [3.05, 3.63) is 155 Å². The van der Waals surface area contributed by atoms with Crippen LogP contribution in [0, 0.1) is 0 Å². The number of piperidine rings is 2. The number of nitrogens with zero attached hydrogens (tertiary/aromatic N) is 4. The number of anilines is 2. The minimum atomic E-state index is 0.850. The summed E-state index contributed by atoms with van der Waals surface area (Å²) in [6, 6.07) is 35.7. The minimum absolute atomic E-state index is 0.850. The smallest absolute Gasteiger partial charge is 0.173 e. The molecule has 0 N–H and O–H groups in total. The average Bonchev–Trinajstić information content (AvgIpc) is 3.16. The summed E-state index contributed by atoms with van der Waals surface area (Å²) in [5.41, 5.74) is 10.2. The summed E-state index contributed by atoms with van der Waals surface area (Å²) in [5.74, 6) is 0. The van der Waals surface area contributed by atoms with Gasteiger partial charge in [0.05, 0.1) is 0 Å². The van der Waals surface area contributed by atoms with Gasteiger partial charge in [0.2, 0.25) is 0 Å². The van der Waals surface area contributed by atoms with Crippen LogP contribution in [0.3, 0.4) is 0 Å². The molecule has 2 aliphatic rings. The van der Waals surface area contributed by atoms with Crippen LogP contribution in [0.5, 0.6) is 0 Å². The highest BCUT2D eigenvalue weighted by Gasteiger charge is 2.12. The molecule has 0 atom stereocenters. The second-order valence-electron chi connectivity index (χ2n) is 13.4. The highest BCUT2D eigenvalue weighted by molar-refractivity contribution is 5.71. The van der Waals surface area contributed by atoms with E-state index in [-0.39, 0.29) is 0 Å². The topological polar surface area (TPSA) is 14.2 Å². The quantitative estimate of drug-likeness (QED) is 0.143. The van der Waals surface area contributed by atoms with E-state index >= 15 is 0 Å². The van der Waals surface area contributed by atoms with Crippen LogP contribution in [-0.4, -0.2) is 26.2 Å². The van der Waals surface area contributed by atoms with Gasteiger partial charge in [0, 0.05) is 72.9 Å². The van der Waals surface area contributed by atoms with Crippen molar-refractivity contribution in [2.75, 3.05) is 36.0 Å².